The molecule has 0 spiro atoms. The Hall–Kier alpha value is -0.130. The van der Waals surface area contributed by atoms with Gasteiger partial charge in [0.15, 0.2) is 0 Å². The van der Waals surface area contributed by atoms with Crippen molar-refractivity contribution in [3.05, 3.63) is 0 Å². The van der Waals surface area contributed by atoms with E-state index in [4.69, 9.17) is 4.74 Å². The van der Waals surface area contributed by atoms with Crippen molar-refractivity contribution in [3.63, 3.8) is 0 Å². The zero-order valence-electron chi connectivity index (χ0n) is 15.1. The second kappa shape index (κ2) is 13.3. The van der Waals surface area contributed by atoms with E-state index in [0.29, 0.717) is 6.42 Å². The minimum Gasteiger partial charge on any atom is -0.366 e. The van der Waals surface area contributed by atoms with Gasteiger partial charge in [0, 0.05) is 7.11 Å². The number of rotatable bonds is 15. The van der Waals surface area contributed by atoms with E-state index in [1.165, 1.54) is 25.7 Å². The molecule has 0 saturated heterocycles. The van der Waals surface area contributed by atoms with E-state index in [1.807, 2.05) is 6.92 Å². The van der Waals surface area contributed by atoms with Crippen LogP contribution in [-0.4, -0.2) is 27.0 Å². The highest BCUT2D eigenvalue weighted by Gasteiger charge is 2.26. The van der Waals surface area contributed by atoms with Crippen molar-refractivity contribution in [1.82, 2.24) is 4.72 Å². The van der Waals surface area contributed by atoms with E-state index in [1.54, 1.807) is 7.11 Å². The molecule has 134 valence electrons. The zero-order chi connectivity index (χ0) is 16.8. The molecule has 2 unspecified atom stereocenters. The topological polar surface area (TPSA) is 55.4 Å². The number of sulfonamides is 1. The lowest BCUT2D eigenvalue weighted by Crippen LogP contribution is -2.41. The van der Waals surface area contributed by atoms with Gasteiger partial charge in [0.2, 0.25) is 10.0 Å². The van der Waals surface area contributed by atoms with Crippen LogP contribution < -0.4 is 4.72 Å². The Kier molecular flexibility index (Phi) is 13.2. The first kappa shape index (κ1) is 21.9. The van der Waals surface area contributed by atoms with Crippen LogP contribution in [0.5, 0.6) is 0 Å². The first-order valence-electron chi connectivity index (χ1n) is 9.05. The molecule has 0 aromatic carbocycles. The third kappa shape index (κ3) is 9.80. The molecular formula is C17H37NO3S. The molecule has 4 nitrogen and oxygen atoms in total. The number of nitrogens with one attached hydrogen (secondary N) is 1. The Morgan fingerprint density at radius 3 is 2.00 bits per heavy atom. The van der Waals surface area contributed by atoms with E-state index in [2.05, 4.69) is 18.6 Å². The van der Waals surface area contributed by atoms with E-state index in [9.17, 15) is 8.42 Å². The zero-order valence-corrected chi connectivity index (χ0v) is 15.9. The largest absolute Gasteiger partial charge is 0.366 e. The minimum absolute atomic E-state index is 0.297. The fraction of sp³-hybridized carbons (Fsp3) is 1.00. The van der Waals surface area contributed by atoms with Gasteiger partial charge in [-0.05, 0) is 25.7 Å². The van der Waals surface area contributed by atoms with Crippen molar-refractivity contribution >= 4 is 10.0 Å². The van der Waals surface area contributed by atoms with E-state index in [0.717, 1.165) is 38.5 Å². The highest BCUT2D eigenvalue weighted by molar-refractivity contribution is 7.90. The standard InChI is InChI=1S/C17H37NO3S/c1-5-8-10-11-12-13-15-17(21-4)18-22(19,20)16(7-3)14-9-6-2/h16-18H,5-15H2,1-4H3. The number of hydrogen-bond donors (Lipinski definition) is 1. The monoisotopic (exact) mass is 335 g/mol. The lowest BCUT2D eigenvalue weighted by molar-refractivity contribution is 0.0837. The molecule has 0 aliphatic rings. The first-order valence-corrected chi connectivity index (χ1v) is 10.6. The average molecular weight is 336 g/mol. The fourth-order valence-corrected chi connectivity index (χ4v) is 4.31. The summed E-state index contributed by atoms with van der Waals surface area (Å²) in [4.78, 5) is 0. The molecule has 0 aliphatic carbocycles. The molecule has 0 bridgehead atoms. The van der Waals surface area contributed by atoms with Crippen LogP contribution in [-0.2, 0) is 14.8 Å². The summed E-state index contributed by atoms with van der Waals surface area (Å²) < 4.78 is 32.9. The number of unbranched alkanes of at least 4 members (excludes halogenated alkanes) is 6. The smallest absolute Gasteiger partial charge is 0.216 e. The summed E-state index contributed by atoms with van der Waals surface area (Å²) in [5.74, 6) is 0. The van der Waals surface area contributed by atoms with Crippen LogP contribution in [0.15, 0.2) is 0 Å². The summed E-state index contributed by atoms with van der Waals surface area (Å²) in [7, 11) is -1.70. The Bertz CT molecular complexity index is 344. The molecule has 0 heterocycles. The fourth-order valence-electron chi connectivity index (χ4n) is 2.62. The Balaban J connectivity index is 4.21. The predicted molar refractivity (Wildman–Crippen MR) is 94.4 cm³/mol. The molecule has 0 aliphatic heterocycles. The van der Waals surface area contributed by atoms with Crippen LogP contribution in [0.25, 0.3) is 0 Å². The van der Waals surface area contributed by atoms with Gasteiger partial charge in [-0.15, -0.1) is 0 Å². The second-order valence-corrected chi connectivity index (χ2v) is 8.11. The molecule has 2 atom stereocenters. The van der Waals surface area contributed by atoms with E-state index < -0.39 is 10.0 Å². The SMILES string of the molecule is CCCCCCCCC(NS(=O)(=O)C(CC)CCCC)OC. The van der Waals surface area contributed by atoms with Gasteiger partial charge in [-0.2, -0.15) is 4.72 Å². The van der Waals surface area contributed by atoms with Crippen LogP contribution in [0.4, 0.5) is 0 Å². The minimum atomic E-state index is -3.28. The number of ether oxygens (including phenoxy) is 1. The summed E-state index contributed by atoms with van der Waals surface area (Å²) in [5.41, 5.74) is 0. The Morgan fingerprint density at radius 1 is 0.864 bits per heavy atom. The lowest BCUT2D eigenvalue weighted by atomic mass is 10.1. The van der Waals surface area contributed by atoms with Crippen molar-refractivity contribution in [2.24, 2.45) is 0 Å². The number of methoxy groups -OCH3 is 1. The van der Waals surface area contributed by atoms with Crippen LogP contribution in [0.1, 0.15) is 91.4 Å². The van der Waals surface area contributed by atoms with Crippen molar-refractivity contribution < 1.29 is 13.2 Å². The van der Waals surface area contributed by atoms with Crippen LogP contribution in [0.2, 0.25) is 0 Å². The van der Waals surface area contributed by atoms with Crippen LogP contribution in [0, 0.1) is 0 Å². The van der Waals surface area contributed by atoms with Crippen molar-refractivity contribution in [2.75, 3.05) is 7.11 Å². The number of hydrogen-bond acceptors (Lipinski definition) is 3. The molecule has 0 aromatic rings. The third-order valence-corrected chi connectivity index (χ3v) is 6.21. The molecule has 0 fully saturated rings. The van der Waals surface area contributed by atoms with Crippen LogP contribution >= 0.6 is 0 Å². The summed E-state index contributed by atoms with van der Waals surface area (Å²) >= 11 is 0. The van der Waals surface area contributed by atoms with Crippen molar-refractivity contribution in [3.8, 4) is 0 Å². The molecule has 0 rings (SSSR count). The van der Waals surface area contributed by atoms with Gasteiger partial charge in [0.05, 0.1) is 5.25 Å². The molecule has 0 radical (unpaired) electrons. The van der Waals surface area contributed by atoms with Crippen molar-refractivity contribution in [2.45, 2.75) is 103 Å². The molecular weight excluding hydrogens is 298 g/mol. The summed E-state index contributed by atoms with van der Waals surface area (Å²) in [6.07, 6.45) is 10.9. The first-order chi connectivity index (χ1) is 10.5. The van der Waals surface area contributed by atoms with Gasteiger partial charge in [0.25, 0.3) is 0 Å². The maximum atomic E-state index is 12.4. The van der Waals surface area contributed by atoms with E-state index >= 15 is 0 Å². The molecule has 0 amide bonds. The van der Waals surface area contributed by atoms with Gasteiger partial charge in [-0.3, -0.25) is 0 Å². The Morgan fingerprint density at radius 2 is 1.45 bits per heavy atom. The summed E-state index contributed by atoms with van der Waals surface area (Å²) in [5, 5.41) is -0.297. The normalized spacial score (nSPS) is 14.9. The predicted octanol–water partition coefficient (Wildman–Crippen LogP) is 4.60. The summed E-state index contributed by atoms with van der Waals surface area (Å²) in [6, 6.07) is 0. The van der Waals surface area contributed by atoms with Crippen LogP contribution in [0.3, 0.4) is 0 Å². The Labute approximate surface area is 138 Å². The second-order valence-electron chi connectivity index (χ2n) is 6.12. The third-order valence-electron chi connectivity index (χ3n) is 4.17. The van der Waals surface area contributed by atoms with Gasteiger partial charge in [-0.25, -0.2) is 8.42 Å². The molecule has 1 N–H and O–H groups in total. The highest BCUT2D eigenvalue weighted by atomic mass is 32.2. The molecule has 0 saturated carbocycles. The summed E-state index contributed by atoms with van der Waals surface area (Å²) in [6.45, 7) is 6.23. The highest BCUT2D eigenvalue weighted by Crippen LogP contribution is 2.15. The lowest BCUT2D eigenvalue weighted by Gasteiger charge is -2.22. The average Bonchev–Trinajstić information content (AvgIpc) is 2.49. The van der Waals surface area contributed by atoms with Gasteiger partial charge in [-0.1, -0.05) is 65.7 Å². The molecule has 5 heteroatoms. The van der Waals surface area contributed by atoms with Crippen molar-refractivity contribution in [1.29, 1.82) is 0 Å². The van der Waals surface area contributed by atoms with Gasteiger partial charge < -0.3 is 4.74 Å². The van der Waals surface area contributed by atoms with Gasteiger partial charge in [0.1, 0.15) is 6.23 Å². The van der Waals surface area contributed by atoms with E-state index in [-0.39, 0.29) is 11.5 Å². The molecule has 0 aromatic heterocycles. The quantitative estimate of drug-likeness (QED) is 0.351. The molecule has 22 heavy (non-hydrogen) atoms. The van der Waals surface area contributed by atoms with Gasteiger partial charge >= 0.3 is 0 Å². The maximum absolute atomic E-state index is 12.4. The maximum Gasteiger partial charge on any atom is 0.216 e.